The van der Waals surface area contributed by atoms with Crippen molar-refractivity contribution in [3.8, 4) is 5.75 Å². The zero-order valence-electron chi connectivity index (χ0n) is 11.8. The number of ether oxygens (including phenoxy) is 1. The molecule has 2 aromatic carbocycles. The predicted octanol–water partition coefficient (Wildman–Crippen LogP) is 5.22. The Labute approximate surface area is 152 Å². The van der Waals surface area contributed by atoms with E-state index in [1.54, 1.807) is 7.11 Å². The van der Waals surface area contributed by atoms with Crippen molar-refractivity contribution in [3.05, 3.63) is 60.6 Å². The smallest absolute Gasteiger partial charge is 0.119 e. The SMILES string of the molecule is CNC(Cc1cc(OC)ccc1Br)c1ccc(I)c(Cl)c1. The largest absolute Gasteiger partial charge is 0.497 e. The number of hydrogen-bond donors (Lipinski definition) is 1. The van der Waals surface area contributed by atoms with Crippen LogP contribution in [-0.2, 0) is 6.42 Å². The zero-order chi connectivity index (χ0) is 15.4. The standard InChI is InChI=1S/C16H16BrClINO/c1-20-16(10-3-6-15(19)14(18)8-10)9-11-7-12(21-2)4-5-13(11)17/h3-8,16,20H,9H2,1-2H3. The first-order valence-corrected chi connectivity index (χ1v) is 8.74. The second-order valence-electron chi connectivity index (χ2n) is 4.68. The van der Waals surface area contributed by atoms with Gasteiger partial charge in [0.2, 0.25) is 0 Å². The summed E-state index contributed by atoms with van der Waals surface area (Å²) >= 11 is 12.1. The summed E-state index contributed by atoms with van der Waals surface area (Å²) in [6, 6.07) is 12.4. The van der Waals surface area contributed by atoms with Crippen molar-refractivity contribution in [2.75, 3.05) is 14.2 Å². The van der Waals surface area contributed by atoms with Gasteiger partial charge in [0, 0.05) is 14.1 Å². The van der Waals surface area contributed by atoms with Crippen molar-refractivity contribution >= 4 is 50.1 Å². The summed E-state index contributed by atoms with van der Waals surface area (Å²) in [4.78, 5) is 0. The van der Waals surface area contributed by atoms with Crippen LogP contribution in [0.5, 0.6) is 5.75 Å². The molecule has 0 aliphatic heterocycles. The quantitative estimate of drug-likeness (QED) is 0.593. The van der Waals surface area contributed by atoms with Crippen molar-refractivity contribution < 1.29 is 4.74 Å². The molecule has 0 spiro atoms. The number of rotatable bonds is 5. The van der Waals surface area contributed by atoms with E-state index in [1.807, 2.05) is 31.3 Å². The van der Waals surface area contributed by atoms with Crippen LogP contribution >= 0.6 is 50.1 Å². The van der Waals surface area contributed by atoms with Crippen LogP contribution in [0.4, 0.5) is 0 Å². The molecule has 0 bridgehead atoms. The molecular weight excluding hydrogens is 464 g/mol. The molecule has 0 aliphatic rings. The second kappa shape index (κ2) is 7.81. The summed E-state index contributed by atoms with van der Waals surface area (Å²) in [6.07, 6.45) is 0.852. The first kappa shape index (κ1) is 17.1. The zero-order valence-corrected chi connectivity index (χ0v) is 16.3. The van der Waals surface area contributed by atoms with Crippen LogP contribution in [0.2, 0.25) is 5.02 Å². The summed E-state index contributed by atoms with van der Waals surface area (Å²) in [5.41, 5.74) is 2.38. The minimum Gasteiger partial charge on any atom is -0.497 e. The molecule has 0 fully saturated rings. The molecule has 0 saturated carbocycles. The van der Waals surface area contributed by atoms with Gasteiger partial charge in [-0.15, -0.1) is 0 Å². The maximum atomic E-state index is 6.23. The first-order valence-electron chi connectivity index (χ1n) is 6.49. The summed E-state index contributed by atoms with van der Waals surface area (Å²) in [5.74, 6) is 0.865. The third-order valence-corrected chi connectivity index (χ3v) is 5.72. The van der Waals surface area contributed by atoms with Gasteiger partial charge in [0.15, 0.2) is 0 Å². The molecule has 2 rings (SSSR count). The fraction of sp³-hybridized carbons (Fsp3) is 0.250. The van der Waals surface area contributed by atoms with Gasteiger partial charge in [-0.05, 0) is 77.5 Å². The van der Waals surface area contributed by atoms with Crippen molar-refractivity contribution in [1.82, 2.24) is 5.32 Å². The highest BCUT2D eigenvalue weighted by molar-refractivity contribution is 14.1. The van der Waals surface area contributed by atoms with Gasteiger partial charge < -0.3 is 10.1 Å². The van der Waals surface area contributed by atoms with Crippen LogP contribution in [0.15, 0.2) is 40.9 Å². The van der Waals surface area contributed by atoms with Crippen LogP contribution in [0.3, 0.4) is 0 Å². The van der Waals surface area contributed by atoms with Gasteiger partial charge in [0.25, 0.3) is 0 Å². The Morgan fingerprint density at radius 2 is 2.05 bits per heavy atom. The van der Waals surface area contributed by atoms with E-state index in [1.165, 1.54) is 11.1 Å². The molecule has 21 heavy (non-hydrogen) atoms. The average Bonchev–Trinajstić information content (AvgIpc) is 2.49. The van der Waals surface area contributed by atoms with Crippen LogP contribution in [-0.4, -0.2) is 14.2 Å². The molecule has 2 aromatic rings. The lowest BCUT2D eigenvalue weighted by atomic mass is 9.99. The Hall–Kier alpha value is -0.300. The van der Waals surface area contributed by atoms with Crippen LogP contribution < -0.4 is 10.1 Å². The maximum Gasteiger partial charge on any atom is 0.119 e. The minimum atomic E-state index is 0.197. The highest BCUT2D eigenvalue weighted by Crippen LogP contribution is 2.29. The Balaban J connectivity index is 2.28. The molecule has 0 amide bonds. The normalized spacial score (nSPS) is 12.2. The molecule has 1 N–H and O–H groups in total. The molecule has 2 nitrogen and oxygen atoms in total. The van der Waals surface area contributed by atoms with Gasteiger partial charge >= 0.3 is 0 Å². The molecule has 0 heterocycles. The molecular formula is C16H16BrClINO. The fourth-order valence-corrected chi connectivity index (χ4v) is 3.10. The Morgan fingerprint density at radius 3 is 2.67 bits per heavy atom. The first-order chi connectivity index (χ1) is 10.0. The average molecular weight is 481 g/mol. The van der Waals surface area contributed by atoms with E-state index in [9.17, 15) is 0 Å². The summed E-state index contributed by atoms with van der Waals surface area (Å²) in [5, 5.41) is 4.15. The highest BCUT2D eigenvalue weighted by Gasteiger charge is 2.14. The number of halogens is 3. The van der Waals surface area contributed by atoms with Gasteiger partial charge in [0.05, 0.1) is 12.1 Å². The van der Waals surface area contributed by atoms with Gasteiger partial charge in [0.1, 0.15) is 5.75 Å². The van der Waals surface area contributed by atoms with Crippen LogP contribution in [0, 0.1) is 3.57 Å². The summed E-state index contributed by atoms with van der Waals surface area (Å²) in [6.45, 7) is 0. The molecule has 112 valence electrons. The summed E-state index contributed by atoms with van der Waals surface area (Å²) in [7, 11) is 3.64. The van der Waals surface area contributed by atoms with Crippen LogP contribution in [0.25, 0.3) is 0 Å². The Morgan fingerprint density at radius 1 is 1.29 bits per heavy atom. The molecule has 1 unspecified atom stereocenters. The second-order valence-corrected chi connectivity index (χ2v) is 7.10. The Kier molecular flexibility index (Phi) is 6.34. The van der Waals surface area contributed by atoms with Gasteiger partial charge in [-0.25, -0.2) is 0 Å². The number of likely N-dealkylation sites (N-methyl/N-ethyl adjacent to an activating group) is 1. The van der Waals surface area contributed by atoms with Gasteiger partial charge in [-0.1, -0.05) is 33.6 Å². The molecule has 0 radical (unpaired) electrons. The number of benzene rings is 2. The molecule has 0 saturated heterocycles. The third-order valence-electron chi connectivity index (χ3n) is 3.37. The van der Waals surface area contributed by atoms with E-state index in [0.29, 0.717) is 0 Å². The lowest BCUT2D eigenvalue weighted by molar-refractivity contribution is 0.414. The number of nitrogens with one attached hydrogen (secondary N) is 1. The van der Waals surface area contributed by atoms with Crippen molar-refractivity contribution in [1.29, 1.82) is 0 Å². The molecule has 1 atom stereocenters. The van der Waals surface area contributed by atoms with E-state index >= 15 is 0 Å². The highest BCUT2D eigenvalue weighted by atomic mass is 127. The van der Waals surface area contributed by atoms with E-state index < -0.39 is 0 Å². The van der Waals surface area contributed by atoms with Crippen molar-refractivity contribution in [2.24, 2.45) is 0 Å². The van der Waals surface area contributed by atoms with Crippen LogP contribution in [0.1, 0.15) is 17.2 Å². The topological polar surface area (TPSA) is 21.3 Å². The minimum absolute atomic E-state index is 0.197. The van der Waals surface area contributed by atoms with Crippen molar-refractivity contribution in [3.63, 3.8) is 0 Å². The van der Waals surface area contributed by atoms with E-state index in [4.69, 9.17) is 16.3 Å². The lowest BCUT2D eigenvalue weighted by Gasteiger charge is -2.18. The molecule has 5 heteroatoms. The monoisotopic (exact) mass is 479 g/mol. The lowest BCUT2D eigenvalue weighted by Crippen LogP contribution is -2.19. The van der Waals surface area contributed by atoms with E-state index in [-0.39, 0.29) is 6.04 Å². The van der Waals surface area contributed by atoms with Gasteiger partial charge in [-0.2, -0.15) is 0 Å². The predicted molar refractivity (Wildman–Crippen MR) is 100 cm³/mol. The third kappa shape index (κ3) is 4.34. The van der Waals surface area contributed by atoms with E-state index in [0.717, 1.165) is 25.2 Å². The number of methoxy groups -OCH3 is 1. The van der Waals surface area contributed by atoms with Crippen molar-refractivity contribution in [2.45, 2.75) is 12.5 Å². The number of hydrogen-bond acceptors (Lipinski definition) is 2. The maximum absolute atomic E-state index is 6.23. The fourth-order valence-electron chi connectivity index (χ4n) is 2.17. The van der Waals surface area contributed by atoms with E-state index in [2.05, 4.69) is 56.0 Å². The summed E-state index contributed by atoms with van der Waals surface area (Å²) < 4.78 is 7.45. The molecule has 0 aromatic heterocycles. The molecule has 0 aliphatic carbocycles. The Bertz CT molecular complexity index is 636. The van der Waals surface area contributed by atoms with Gasteiger partial charge in [-0.3, -0.25) is 0 Å².